The van der Waals surface area contributed by atoms with Crippen LogP contribution >= 0.6 is 0 Å². The summed E-state index contributed by atoms with van der Waals surface area (Å²) in [6.45, 7) is 5.72. The van der Waals surface area contributed by atoms with Crippen LogP contribution in [0.1, 0.15) is 32.1 Å². The van der Waals surface area contributed by atoms with Crippen molar-refractivity contribution in [3.63, 3.8) is 0 Å². The first-order valence-corrected chi connectivity index (χ1v) is 6.64. The van der Waals surface area contributed by atoms with Crippen LogP contribution in [0.3, 0.4) is 0 Å². The fourth-order valence-corrected chi connectivity index (χ4v) is 2.61. The van der Waals surface area contributed by atoms with Gasteiger partial charge in [0.2, 0.25) is 0 Å². The van der Waals surface area contributed by atoms with E-state index in [2.05, 4.69) is 15.4 Å². The summed E-state index contributed by atoms with van der Waals surface area (Å²) in [5.41, 5.74) is 5.85. The molecule has 0 radical (unpaired) electrons. The molecule has 1 heterocycles. The minimum Gasteiger partial charge on any atom is -0.409 e. The van der Waals surface area contributed by atoms with Gasteiger partial charge in [-0.05, 0) is 44.2 Å². The third-order valence-electron chi connectivity index (χ3n) is 3.95. The molecule has 5 heteroatoms. The first-order valence-electron chi connectivity index (χ1n) is 6.64. The zero-order valence-electron chi connectivity index (χ0n) is 10.5. The number of nitrogens with zero attached hydrogens (tertiary/aromatic N) is 2. The molecule has 5 nitrogen and oxygen atoms in total. The second-order valence-electron chi connectivity index (χ2n) is 5.49. The van der Waals surface area contributed by atoms with Gasteiger partial charge in [-0.15, -0.1) is 0 Å². The van der Waals surface area contributed by atoms with E-state index in [1.165, 1.54) is 38.8 Å². The third kappa shape index (κ3) is 3.85. The fraction of sp³-hybridized carbons (Fsp3) is 0.917. The van der Waals surface area contributed by atoms with E-state index in [9.17, 15) is 0 Å². The van der Waals surface area contributed by atoms with Gasteiger partial charge in [0.1, 0.15) is 5.84 Å². The second kappa shape index (κ2) is 5.69. The highest BCUT2D eigenvalue weighted by atomic mass is 16.4. The smallest absolute Gasteiger partial charge is 0.139 e. The van der Waals surface area contributed by atoms with Crippen molar-refractivity contribution in [2.45, 2.75) is 32.1 Å². The summed E-state index contributed by atoms with van der Waals surface area (Å²) in [5, 5.41) is 15.2. The highest BCUT2D eigenvalue weighted by Gasteiger charge is 2.42. The summed E-state index contributed by atoms with van der Waals surface area (Å²) in [7, 11) is 0. The Morgan fingerprint density at radius 1 is 1.35 bits per heavy atom. The van der Waals surface area contributed by atoms with Crippen molar-refractivity contribution < 1.29 is 5.21 Å². The number of rotatable bonds is 7. The Morgan fingerprint density at radius 3 is 2.65 bits per heavy atom. The number of hydrogen-bond donors (Lipinski definition) is 3. The van der Waals surface area contributed by atoms with Crippen LogP contribution < -0.4 is 11.1 Å². The lowest BCUT2D eigenvalue weighted by molar-refractivity contribution is 0.312. The predicted molar refractivity (Wildman–Crippen MR) is 68.2 cm³/mol. The fourth-order valence-electron chi connectivity index (χ4n) is 2.61. The number of likely N-dealkylation sites (tertiary alicyclic amines) is 1. The molecule has 1 saturated heterocycles. The van der Waals surface area contributed by atoms with Crippen molar-refractivity contribution in [2.24, 2.45) is 16.3 Å². The third-order valence-corrected chi connectivity index (χ3v) is 3.95. The van der Waals surface area contributed by atoms with E-state index in [1.807, 2.05) is 0 Å². The lowest BCUT2D eigenvalue weighted by atomic mass is 10.0. The molecule has 2 aliphatic rings. The van der Waals surface area contributed by atoms with Crippen molar-refractivity contribution in [1.29, 1.82) is 0 Å². The molecule has 2 fully saturated rings. The summed E-state index contributed by atoms with van der Waals surface area (Å²) >= 11 is 0. The minimum absolute atomic E-state index is 0.279. The van der Waals surface area contributed by atoms with E-state index < -0.39 is 0 Å². The standard InChI is InChI=1S/C12H24N4O/c13-11(15-17)9-12(3-4-12)10-14-5-8-16-6-1-2-7-16/h14,17H,1-10H2,(H2,13,15). The molecule has 0 aromatic rings. The zero-order chi connectivity index (χ0) is 12.1. The first kappa shape index (κ1) is 12.6. The molecule has 4 N–H and O–H groups in total. The largest absolute Gasteiger partial charge is 0.409 e. The Bertz CT molecular complexity index is 270. The van der Waals surface area contributed by atoms with Crippen LogP contribution in [0, 0.1) is 5.41 Å². The average Bonchev–Trinajstić information content (AvgIpc) is 2.89. The maximum Gasteiger partial charge on any atom is 0.139 e. The summed E-state index contributed by atoms with van der Waals surface area (Å²) in [6, 6.07) is 0. The average molecular weight is 240 g/mol. The van der Waals surface area contributed by atoms with E-state index in [4.69, 9.17) is 10.9 Å². The van der Waals surface area contributed by atoms with Crippen molar-refractivity contribution in [3.05, 3.63) is 0 Å². The van der Waals surface area contributed by atoms with Gasteiger partial charge in [-0.1, -0.05) is 5.16 Å². The van der Waals surface area contributed by atoms with Crippen LogP contribution in [-0.4, -0.2) is 48.7 Å². The molecule has 98 valence electrons. The summed E-state index contributed by atoms with van der Waals surface area (Å²) < 4.78 is 0. The highest BCUT2D eigenvalue weighted by molar-refractivity contribution is 5.80. The maximum atomic E-state index is 8.58. The lowest BCUT2D eigenvalue weighted by Crippen LogP contribution is -2.34. The number of amidine groups is 1. The number of hydrogen-bond acceptors (Lipinski definition) is 4. The van der Waals surface area contributed by atoms with Crippen molar-refractivity contribution in [1.82, 2.24) is 10.2 Å². The molecule has 1 aliphatic heterocycles. The molecule has 0 spiro atoms. The Balaban J connectivity index is 1.58. The molecule has 0 bridgehead atoms. The van der Waals surface area contributed by atoms with Crippen molar-refractivity contribution in [3.8, 4) is 0 Å². The highest BCUT2D eigenvalue weighted by Crippen LogP contribution is 2.48. The van der Waals surface area contributed by atoms with Crippen LogP contribution in [0.2, 0.25) is 0 Å². The summed E-state index contributed by atoms with van der Waals surface area (Å²) in [6.07, 6.45) is 5.82. The molecule has 0 aromatic carbocycles. The zero-order valence-corrected chi connectivity index (χ0v) is 10.5. The van der Waals surface area contributed by atoms with Crippen LogP contribution in [0.25, 0.3) is 0 Å². The molecule has 1 saturated carbocycles. The second-order valence-corrected chi connectivity index (χ2v) is 5.49. The molecule has 0 unspecified atom stereocenters. The Morgan fingerprint density at radius 2 is 2.06 bits per heavy atom. The lowest BCUT2D eigenvalue weighted by Gasteiger charge is -2.18. The van der Waals surface area contributed by atoms with Crippen molar-refractivity contribution >= 4 is 5.84 Å². The Kier molecular flexibility index (Phi) is 4.23. The van der Waals surface area contributed by atoms with Gasteiger partial charge in [0.05, 0.1) is 0 Å². The molecule has 1 aliphatic carbocycles. The SMILES string of the molecule is NC(CC1(CNCCN2CCCC2)CC1)=NO. The van der Waals surface area contributed by atoms with E-state index in [-0.39, 0.29) is 5.41 Å². The predicted octanol–water partition coefficient (Wildman–Crippen LogP) is 0.589. The number of nitrogens with two attached hydrogens (primary N) is 1. The van der Waals surface area contributed by atoms with Gasteiger partial charge in [-0.3, -0.25) is 0 Å². The molecule has 17 heavy (non-hydrogen) atoms. The van der Waals surface area contributed by atoms with Gasteiger partial charge in [-0.25, -0.2) is 0 Å². The van der Waals surface area contributed by atoms with Gasteiger partial charge in [0.25, 0.3) is 0 Å². The molecular weight excluding hydrogens is 216 g/mol. The minimum atomic E-state index is 0.279. The number of oxime groups is 1. The quantitative estimate of drug-likeness (QED) is 0.200. The van der Waals surface area contributed by atoms with Gasteiger partial charge in [-0.2, -0.15) is 0 Å². The maximum absolute atomic E-state index is 8.58. The van der Waals surface area contributed by atoms with Crippen LogP contribution in [0.4, 0.5) is 0 Å². The van der Waals surface area contributed by atoms with Crippen LogP contribution in [-0.2, 0) is 0 Å². The molecule has 0 atom stereocenters. The Labute approximate surface area is 103 Å². The normalized spacial score (nSPS) is 24.1. The summed E-state index contributed by atoms with van der Waals surface area (Å²) in [5.74, 6) is 0.365. The van der Waals surface area contributed by atoms with E-state index in [0.717, 1.165) is 26.1 Å². The van der Waals surface area contributed by atoms with E-state index in [0.29, 0.717) is 5.84 Å². The van der Waals surface area contributed by atoms with E-state index in [1.54, 1.807) is 0 Å². The monoisotopic (exact) mass is 240 g/mol. The van der Waals surface area contributed by atoms with Gasteiger partial charge in [0.15, 0.2) is 0 Å². The molecule has 0 aromatic heterocycles. The Hall–Kier alpha value is -0.810. The molecule has 2 rings (SSSR count). The van der Waals surface area contributed by atoms with Gasteiger partial charge < -0.3 is 21.2 Å². The topological polar surface area (TPSA) is 73.9 Å². The van der Waals surface area contributed by atoms with Crippen LogP contribution in [0.15, 0.2) is 5.16 Å². The first-order chi connectivity index (χ1) is 8.24. The number of nitrogens with one attached hydrogen (secondary N) is 1. The van der Waals surface area contributed by atoms with Gasteiger partial charge >= 0.3 is 0 Å². The summed E-state index contributed by atoms with van der Waals surface area (Å²) in [4.78, 5) is 2.51. The van der Waals surface area contributed by atoms with Crippen molar-refractivity contribution in [2.75, 3.05) is 32.7 Å². The molecular formula is C12H24N4O. The van der Waals surface area contributed by atoms with Gasteiger partial charge in [0, 0.05) is 26.1 Å². The van der Waals surface area contributed by atoms with E-state index >= 15 is 0 Å². The van der Waals surface area contributed by atoms with Crippen LogP contribution in [0.5, 0.6) is 0 Å². The molecule has 0 amide bonds.